The highest BCUT2D eigenvalue weighted by atomic mass is 16.2. The zero-order valence-electron chi connectivity index (χ0n) is 13.4. The number of amides is 2. The molecule has 0 bridgehead atoms. The zero-order valence-corrected chi connectivity index (χ0v) is 13.4. The van der Waals surface area contributed by atoms with Crippen molar-refractivity contribution in [2.75, 3.05) is 19.6 Å². The van der Waals surface area contributed by atoms with Crippen LogP contribution in [0.2, 0.25) is 0 Å². The van der Waals surface area contributed by atoms with E-state index in [0.717, 1.165) is 45.1 Å². The van der Waals surface area contributed by atoms with Gasteiger partial charge in [-0.25, -0.2) is 0 Å². The normalized spacial score (nSPS) is 29.5. The fourth-order valence-corrected chi connectivity index (χ4v) is 3.72. The van der Waals surface area contributed by atoms with E-state index in [1.807, 2.05) is 23.6 Å². The first-order valence-corrected chi connectivity index (χ1v) is 8.43. The van der Waals surface area contributed by atoms with Crippen LogP contribution in [-0.2, 0) is 9.59 Å². The van der Waals surface area contributed by atoms with Crippen LogP contribution in [0.25, 0.3) is 0 Å². The van der Waals surface area contributed by atoms with Crippen LogP contribution in [-0.4, -0.2) is 53.3 Å². The van der Waals surface area contributed by atoms with Gasteiger partial charge in [-0.1, -0.05) is 6.42 Å². The van der Waals surface area contributed by atoms with Gasteiger partial charge in [0, 0.05) is 31.6 Å². The minimum Gasteiger partial charge on any atom is -0.341 e. The Balaban J connectivity index is 2.03. The molecule has 0 aromatic heterocycles. The van der Waals surface area contributed by atoms with Gasteiger partial charge in [0.25, 0.3) is 0 Å². The zero-order chi connectivity index (χ0) is 15.4. The number of rotatable bonds is 4. The Hall–Kier alpha value is -1.10. The van der Waals surface area contributed by atoms with Crippen LogP contribution >= 0.6 is 0 Å². The van der Waals surface area contributed by atoms with E-state index >= 15 is 0 Å². The molecule has 2 N–H and O–H groups in total. The highest BCUT2D eigenvalue weighted by molar-refractivity contribution is 5.89. The van der Waals surface area contributed by atoms with Crippen molar-refractivity contribution in [3.8, 4) is 0 Å². The Kier molecular flexibility index (Phi) is 5.62. The number of nitrogens with two attached hydrogens (primary N) is 1. The fourth-order valence-electron chi connectivity index (χ4n) is 3.72. The Bertz CT molecular complexity index is 382. The van der Waals surface area contributed by atoms with Crippen molar-refractivity contribution in [2.45, 2.75) is 64.5 Å². The minimum atomic E-state index is -0.240. The number of hydrogen-bond acceptors (Lipinski definition) is 3. The summed E-state index contributed by atoms with van der Waals surface area (Å²) in [5.41, 5.74) is 6.00. The second-order valence-corrected chi connectivity index (χ2v) is 6.32. The third kappa shape index (κ3) is 3.57. The number of nitrogens with zero attached hydrogens (tertiary/aromatic N) is 2. The Morgan fingerprint density at radius 3 is 2.48 bits per heavy atom. The van der Waals surface area contributed by atoms with Gasteiger partial charge in [-0.15, -0.1) is 0 Å². The average Bonchev–Trinajstić information content (AvgIpc) is 2.97. The molecule has 1 aliphatic carbocycles. The summed E-state index contributed by atoms with van der Waals surface area (Å²) < 4.78 is 0. The summed E-state index contributed by atoms with van der Waals surface area (Å²) in [5.74, 6) is 0.304. The van der Waals surface area contributed by atoms with Crippen molar-refractivity contribution in [3.05, 3.63) is 0 Å². The first kappa shape index (κ1) is 16.3. The minimum absolute atomic E-state index is 0.0267. The molecule has 0 aromatic carbocycles. The molecule has 1 saturated carbocycles. The van der Waals surface area contributed by atoms with Crippen molar-refractivity contribution in [3.63, 3.8) is 0 Å². The van der Waals surface area contributed by atoms with Crippen LogP contribution in [0, 0.1) is 5.92 Å². The van der Waals surface area contributed by atoms with E-state index < -0.39 is 0 Å². The number of carbonyl (C=O) groups excluding carboxylic acids is 2. The maximum absolute atomic E-state index is 12.8. The standard InChI is InChI=1S/C16H29N3O2/c1-3-18(4-2)16(21)14-9-6-10-19(14)15(20)12-7-5-8-13(17)11-12/h12-14H,3-11,17H2,1-2H3. The van der Waals surface area contributed by atoms with E-state index in [9.17, 15) is 9.59 Å². The first-order valence-electron chi connectivity index (χ1n) is 8.43. The van der Waals surface area contributed by atoms with Crippen molar-refractivity contribution in [2.24, 2.45) is 11.7 Å². The molecule has 1 aliphatic heterocycles. The summed E-state index contributed by atoms with van der Waals surface area (Å²) in [6, 6.07) is -0.0946. The summed E-state index contributed by atoms with van der Waals surface area (Å²) in [6.45, 7) is 6.12. The second kappa shape index (κ2) is 7.25. The number of carbonyl (C=O) groups is 2. The van der Waals surface area contributed by atoms with E-state index in [-0.39, 0.29) is 29.8 Å². The van der Waals surface area contributed by atoms with Gasteiger partial charge in [-0.3, -0.25) is 9.59 Å². The molecule has 0 spiro atoms. The average molecular weight is 295 g/mol. The molecule has 0 radical (unpaired) electrons. The highest BCUT2D eigenvalue weighted by Crippen LogP contribution is 2.29. The summed E-state index contributed by atoms with van der Waals surface area (Å²) in [4.78, 5) is 29.0. The first-order chi connectivity index (χ1) is 10.1. The molecule has 3 unspecified atom stereocenters. The summed E-state index contributed by atoms with van der Waals surface area (Å²) >= 11 is 0. The van der Waals surface area contributed by atoms with E-state index in [2.05, 4.69) is 0 Å². The SMILES string of the molecule is CCN(CC)C(=O)C1CCCN1C(=O)C1CCCC(N)C1. The molecule has 3 atom stereocenters. The molecule has 5 heteroatoms. The molecule has 2 amide bonds. The number of hydrogen-bond donors (Lipinski definition) is 1. The van der Waals surface area contributed by atoms with Crippen LogP contribution in [0.1, 0.15) is 52.4 Å². The van der Waals surface area contributed by atoms with E-state index in [1.54, 1.807) is 0 Å². The highest BCUT2D eigenvalue weighted by Gasteiger charge is 2.39. The van der Waals surface area contributed by atoms with Gasteiger partial charge in [0.15, 0.2) is 0 Å². The lowest BCUT2D eigenvalue weighted by molar-refractivity contribution is -0.146. The lowest BCUT2D eigenvalue weighted by atomic mass is 9.85. The topological polar surface area (TPSA) is 66.6 Å². The largest absolute Gasteiger partial charge is 0.341 e. The third-order valence-corrected chi connectivity index (χ3v) is 4.96. The van der Waals surface area contributed by atoms with Crippen LogP contribution in [0.5, 0.6) is 0 Å². The van der Waals surface area contributed by atoms with Crippen LogP contribution < -0.4 is 5.73 Å². The van der Waals surface area contributed by atoms with E-state index in [4.69, 9.17) is 5.73 Å². The van der Waals surface area contributed by atoms with Crippen molar-refractivity contribution in [1.82, 2.24) is 9.80 Å². The van der Waals surface area contributed by atoms with Crippen molar-refractivity contribution < 1.29 is 9.59 Å². The summed E-state index contributed by atoms with van der Waals surface area (Å²) in [7, 11) is 0. The summed E-state index contributed by atoms with van der Waals surface area (Å²) in [5, 5.41) is 0. The van der Waals surface area contributed by atoms with Gasteiger partial charge in [0.1, 0.15) is 6.04 Å². The Morgan fingerprint density at radius 1 is 1.14 bits per heavy atom. The molecule has 21 heavy (non-hydrogen) atoms. The molecule has 2 fully saturated rings. The molecule has 1 heterocycles. The van der Waals surface area contributed by atoms with E-state index in [1.165, 1.54) is 0 Å². The molecule has 1 saturated heterocycles. The predicted molar refractivity (Wildman–Crippen MR) is 82.6 cm³/mol. The molecular formula is C16H29N3O2. The van der Waals surface area contributed by atoms with E-state index in [0.29, 0.717) is 13.1 Å². The number of likely N-dealkylation sites (N-methyl/N-ethyl adjacent to an activating group) is 1. The van der Waals surface area contributed by atoms with Gasteiger partial charge in [0.05, 0.1) is 0 Å². The molecule has 120 valence electrons. The van der Waals surface area contributed by atoms with Crippen molar-refractivity contribution >= 4 is 11.8 Å². The lowest BCUT2D eigenvalue weighted by Gasteiger charge is -2.33. The third-order valence-electron chi connectivity index (χ3n) is 4.96. The molecule has 2 aliphatic rings. The maximum Gasteiger partial charge on any atom is 0.245 e. The Labute approximate surface area is 127 Å². The van der Waals surface area contributed by atoms with Crippen LogP contribution in [0.3, 0.4) is 0 Å². The molecule has 2 rings (SSSR count). The van der Waals surface area contributed by atoms with Gasteiger partial charge in [-0.05, 0) is 46.0 Å². The summed E-state index contributed by atoms with van der Waals surface area (Å²) in [6.07, 6.45) is 5.49. The smallest absolute Gasteiger partial charge is 0.245 e. The van der Waals surface area contributed by atoms with Gasteiger partial charge in [-0.2, -0.15) is 0 Å². The predicted octanol–water partition coefficient (Wildman–Crippen LogP) is 1.36. The second-order valence-electron chi connectivity index (χ2n) is 6.32. The lowest BCUT2D eigenvalue weighted by Crippen LogP contribution is -2.50. The fraction of sp³-hybridized carbons (Fsp3) is 0.875. The number of likely N-dealkylation sites (tertiary alicyclic amines) is 1. The van der Waals surface area contributed by atoms with Crippen LogP contribution in [0.4, 0.5) is 0 Å². The molecule has 0 aromatic rings. The van der Waals surface area contributed by atoms with Crippen molar-refractivity contribution in [1.29, 1.82) is 0 Å². The van der Waals surface area contributed by atoms with Gasteiger partial charge >= 0.3 is 0 Å². The van der Waals surface area contributed by atoms with Gasteiger partial charge in [0.2, 0.25) is 11.8 Å². The Morgan fingerprint density at radius 2 is 1.86 bits per heavy atom. The quantitative estimate of drug-likeness (QED) is 0.851. The van der Waals surface area contributed by atoms with Crippen LogP contribution in [0.15, 0.2) is 0 Å². The molecule has 5 nitrogen and oxygen atoms in total. The molecular weight excluding hydrogens is 266 g/mol. The maximum atomic E-state index is 12.8. The van der Waals surface area contributed by atoms with Gasteiger partial charge < -0.3 is 15.5 Å². The monoisotopic (exact) mass is 295 g/mol.